The summed E-state index contributed by atoms with van der Waals surface area (Å²) < 4.78 is 4.87. The average Bonchev–Trinajstić information content (AvgIpc) is 2.25. The number of nitrogens with one attached hydrogen (secondary N) is 1. The van der Waals surface area contributed by atoms with Gasteiger partial charge in [0.05, 0.1) is 22.3 Å². The number of rotatable bonds is 4. The minimum atomic E-state index is -0.462. The van der Waals surface area contributed by atoms with Crippen LogP contribution >= 0.6 is 23.2 Å². The zero-order chi connectivity index (χ0) is 12.1. The van der Waals surface area contributed by atoms with Crippen molar-refractivity contribution in [3.63, 3.8) is 0 Å². The van der Waals surface area contributed by atoms with E-state index in [1.165, 1.54) is 0 Å². The van der Waals surface area contributed by atoms with Crippen LogP contribution in [0.2, 0.25) is 10.0 Å². The summed E-state index contributed by atoms with van der Waals surface area (Å²) in [6.07, 6.45) is 0. The van der Waals surface area contributed by atoms with Crippen molar-refractivity contribution in [1.82, 2.24) is 0 Å². The Bertz CT molecular complexity index is 382. The number of anilines is 1. The fraction of sp³-hybridized carbons (Fsp3) is 0.364. The fourth-order valence-corrected chi connectivity index (χ4v) is 1.53. The van der Waals surface area contributed by atoms with E-state index >= 15 is 0 Å². The van der Waals surface area contributed by atoms with Crippen molar-refractivity contribution in [1.29, 1.82) is 0 Å². The van der Waals surface area contributed by atoms with Crippen LogP contribution in [0.5, 0.6) is 0 Å². The van der Waals surface area contributed by atoms with Crippen LogP contribution < -0.4 is 5.32 Å². The van der Waals surface area contributed by atoms with Gasteiger partial charge in [0, 0.05) is 0 Å². The molecular formula is C11H13Cl2NO2. The van der Waals surface area contributed by atoms with Crippen LogP contribution in [0.1, 0.15) is 13.8 Å². The SMILES string of the molecule is CCOC(=O)C(C)Nc1cccc(Cl)c1Cl. The molecule has 3 nitrogen and oxygen atoms in total. The first-order valence-corrected chi connectivity index (χ1v) is 5.69. The van der Waals surface area contributed by atoms with Crippen molar-refractivity contribution in [3.8, 4) is 0 Å². The molecule has 0 aliphatic heterocycles. The minimum Gasteiger partial charge on any atom is -0.464 e. The maximum Gasteiger partial charge on any atom is 0.328 e. The summed E-state index contributed by atoms with van der Waals surface area (Å²) in [6, 6.07) is 4.73. The lowest BCUT2D eigenvalue weighted by Gasteiger charge is -2.15. The van der Waals surface area contributed by atoms with E-state index in [1.54, 1.807) is 32.0 Å². The van der Waals surface area contributed by atoms with Gasteiger partial charge in [-0.05, 0) is 26.0 Å². The molecule has 0 spiro atoms. The van der Waals surface area contributed by atoms with Gasteiger partial charge >= 0.3 is 5.97 Å². The van der Waals surface area contributed by atoms with Crippen molar-refractivity contribution < 1.29 is 9.53 Å². The molecule has 1 aromatic carbocycles. The van der Waals surface area contributed by atoms with Crippen molar-refractivity contribution in [2.24, 2.45) is 0 Å². The summed E-state index contributed by atoms with van der Waals surface area (Å²) in [6.45, 7) is 3.82. The summed E-state index contributed by atoms with van der Waals surface area (Å²) in [5.41, 5.74) is 0.620. The molecule has 0 fully saturated rings. The summed E-state index contributed by atoms with van der Waals surface area (Å²) >= 11 is 11.8. The summed E-state index contributed by atoms with van der Waals surface area (Å²) in [4.78, 5) is 11.4. The second-order valence-electron chi connectivity index (χ2n) is 3.22. The Hall–Kier alpha value is -0.930. The number of hydrogen-bond acceptors (Lipinski definition) is 3. The molecule has 1 atom stereocenters. The van der Waals surface area contributed by atoms with Gasteiger partial charge in [-0.3, -0.25) is 0 Å². The van der Waals surface area contributed by atoms with Crippen molar-refractivity contribution in [2.45, 2.75) is 19.9 Å². The second-order valence-corrected chi connectivity index (χ2v) is 4.00. The predicted molar refractivity (Wildman–Crippen MR) is 66.2 cm³/mol. The topological polar surface area (TPSA) is 38.3 Å². The van der Waals surface area contributed by atoms with E-state index in [0.717, 1.165) is 0 Å². The van der Waals surface area contributed by atoms with Gasteiger partial charge in [-0.25, -0.2) is 4.79 Å². The molecule has 0 heterocycles. The van der Waals surface area contributed by atoms with Crippen LogP contribution in [0.25, 0.3) is 0 Å². The molecule has 5 heteroatoms. The third kappa shape index (κ3) is 3.29. The van der Waals surface area contributed by atoms with Gasteiger partial charge in [0.25, 0.3) is 0 Å². The Morgan fingerprint density at radius 3 is 2.81 bits per heavy atom. The molecule has 0 aliphatic rings. The van der Waals surface area contributed by atoms with Gasteiger partial charge in [0.15, 0.2) is 0 Å². The Morgan fingerprint density at radius 1 is 1.50 bits per heavy atom. The third-order valence-corrected chi connectivity index (χ3v) is 2.78. The average molecular weight is 262 g/mol. The molecule has 16 heavy (non-hydrogen) atoms. The second kappa shape index (κ2) is 5.97. The van der Waals surface area contributed by atoms with Crippen LogP contribution in [0.15, 0.2) is 18.2 Å². The molecule has 0 saturated heterocycles. The lowest BCUT2D eigenvalue weighted by molar-refractivity contribution is -0.143. The van der Waals surface area contributed by atoms with Crippen molar-refractivity contribution in [3.05, 3.63) is 28.2 Å². The van der Waals surface area contributed by atoms with Gasteiger partial charge in [-0.15, -0.1) is 0 Å². The normalized spacial score (nSPS) is 12.0. The standard InChI is InChI=1S/C11H13Cl2NO2/c1-3-16-11(15)7(2)14-9-6-4-5-8(12)10(9)13/h4-7,14H,3H2,1-2H3. The van der Waals surface area contributed by atoms with Crippen molar-refractivity contribution in [2.75, 3.05) is 11.9 Å². The molecule has 1 N–H and O–H groups in total. The van der Waals surface area contributed by atoms with Gasteiger partial charge in [0.2, 0.25) is 0 Å². The first-order chi connectivity index (χ1) is 7.56. The highest BCUT2D eigenvalue weighted by atomic mass is 35.5. The molecule has 1 rings (SSSR count). The number of esters is 1. The first kappa shape index (κ1) is 13.1. The number of halogens is 2. The molecule has 0 aliphatic carbocycles. The number of benzene rings is 1. The highest BCUT2D eigenvalue weighted by Gasteiger charge is 2.15. The van der Waals surface area contributed by atoms with Gasteiger partial charge in [-0.2, -0.15) is 0 Å². The summed E-state index contributed by atoms with van der Waals surface area (Å²) in [7, 11) is 0. The Kier molecular flexibility index (Phi) is 4.90. The largest absolute Gasteiger partial charge is 0.464 e. The van der Waals surface area contributed by atoms with Crippen LogP contribution in [0.3, 0.4) is 0 Å². The van der Waals surface area contributed by atoms with Crippen LogP contribution in [0, 0.1) is 0 Å². The molecule has 1 unspecified atom stereocenters. The lowest BCUT2D eigenvalue weighted by atomic mass is 10.2. The summed E-state index contributed by atoms with van der Waals surface area (Å²) in [5, 5.41) is 3.79. The number of ether oxygens (including phenoxy) is 1. The van der Waals surface area contributed by atoms with Crippen LogP contribution in [-0.2, 0) is 9.53 Å². The van der Waals surface area contributed by atoms with Gasteiger partial charge in [-0.1, -0.05) is 29.3 Å². The predicted octanol–water partition coefficient (Wildman–Crippen LogP) is 3.36. The molecule has 0 amide bonds. The Balaban J connectivity index is 2.73. The van der Waals surface area contributed by atoms with E-state index in [-0.39, 0.29) is 5.97 Å². The lowest BCUT2D eigenvalue weighted by Crippen LogP contribution is -2.28. The minimum absolute atomic E-state index is 0.321. The number of carbonyl (C=O) groups excluding carboxylic acids is 1. The first-order valence-electron chi connectivity index (χ1n) is 4.93. The highest BCUT2D eigenvalue weighted by molar-refractivity contribution is 6.43. The zero-order valence-corrected chi connectivity index (χ0v) is 10.6. The number of carbonyl (C=O) groups is 1. The van der Waals surface area contributed by atoms with Crippen LogP contribution in [-0.4, -0.2) is 18.6 Å². The molecule has 88 valence electrons. The molecule has 0 aromatic heterocycles. The molecule has 0 bridgehead atoms. The third-order valence-electron chi connectivity index (χ3n) is 1.96. The van der Waals surface area contributed by atoms with Gasteiger partial charge < -0.3 is 10.1 Å². The van der Waals surface area contributed by atoms with E-state index in [2.05, 4.69) is 5.32 Å². The monoisotopic (exact) mass is 261 g/mol. The molecule has 1 aromatic rings. The van der Waals surface area contributed by atoms with E-state index in [9.17, 15) is 4.79 Å². The van der Waals surface area contributed by atoms with Crippen LogP contribution in [0.4, 0.5) is 5.69 Å². The number of hydrogen-bond donors (Lipinski definition) is 1. The molecule has 0 saturated carbocycles. The van der Waals surface area contributed by atoms with E-state index in [1.807, 2.05) is 0 Å². The quantitative estimate of drug-likeness (QED) is 0.845. The maximum atomic E-state index is 11.4. The molecular weight excluding hydrogens is 249 g/mol. The van der Waals surface area contributed by atoms with Gasteiger partial charge in [0.1, 0.15) is 6.04 Å². The Morgan fingerprint density at radius 2 is 2.19 bits per heavy atom. The van der Waals surface area contributed by atoms with E-state index in [4.69, 9.17) is 27.9 Å². The smallest absolute Gasteiger partial charge is 0.328 e. The Labute approximate surface area is 105 Å². The highest BCUT2D eigenvalue weighted by Crippen LogP contribution is 2.29. The van der Waals surface area contributed by atoms with Crippen molar-refractivity contribution >= 4 is 34.9 Å². The fourth-order valence-electron chi connectivity index (χ4n) is 1.17. The summed E-state index contributed by atoms with van der Waals surface area (Å²) in [5.74, 6) is -0.321. The zero-order valence-electron chi connectivity index (χ0n) is 9.09. The maximum absolute atomic E-state index is 11.4. The van der Waals surface area contributed by atoms with E-state index < -0.39 is 6.04 Å². The van der Waals surface area contributed by atoms with E-state index in [0.29, 0.717) is 22.3 Å². The molecule has 0 radical (unpaired) electrons.